The van der Waals surface area contributed by atoms with E-state index in [-0.39, 0.29) is 17.5 Å². The second kappa shape index (κ2) is 5.61. The minimum atomic E-state index is -3.67. The lowest BCUT2D eigenvalue weighted by molar-refractivity contribution is 0.374. The zero-order valence-electron chi connectivity index (χ0n) is 10.3. The quantitative estimate of drug-likeness (QED) is 0.455. The van der Waals surface area contributed by atoms with Gasteiger partial charge >= 0.3 is 0 Å². The molecule has 0 saturated carbocycles. The fraction of sp³-hybridized carbons (Fsp3) is 0.0909. The molecule has 0 fully saturated rings. The number of amidine groups is 1. The molecule has 0 bridgehead atoms. The third kappa shape index (κ3) is 3.48. The molecule has 8 nitrogen and oxygen atoms in total. The summed E-state index contributed by atoms with van der Waals surface area (Å²) in [5, 5.41) is 13.0. The van der Waals surface area contributed by atoms with E-state index < -0.39 is 10.0 Å². The van der Waals surface area contributed by atoms with E-state index in [1.165, 1.54) is 12.3 Å². The molecule has 0 amide bonds. The highest BCUT2D eigenvalue weighted by molar-refractivity contribution is 7.92. The minimum absolute atomic E-state index is 0.0147. The van der Waals surface area contributed by atoms with Crippen LogP contribution in [0.5, 0.6) is 5.75 Å². The molecule has 0 spiro atoms. The summed E-state index contributed by atoms with van der Waals surface area (Å²) in [7, 11) is -3.67. The Kier molecular flexibility index (Phi) is 3.89. The van der Waals surface area contributed by atoms with Gasteiger partial charge in [-0.05, 0) is 30.3 Å². The number of anilines is 1. The Hall–Kier alpha value is -2.55. The second-order valence-corrected chi connectivity index (χ2v) is 5.52. The average molecular weight is 295 g/mol. The van der Waals surface area contributed by atoms with Gasteiger partial charge in [0, 0.05) is 5.69 Å². The summed E-state index contributed by atoms with van der Waals surface area (Å²) in [6.45, 7) is -0.0147. The monoisotopic (exact) mass is 295 g/mol. The molecule has 9 heteroatoms. The van der Waals surface area contributed by atoms with Crippen molar-refractivity contribution in [2.75, 3.05) is 11.3 Å². The van der Waals surface area contributed by atoms with Crippen LogP contribution in [0.2, 0.25) is 0 Å². The summed E-state index contributed by atoms with van der Waals surface area (Å²) in [4.78, 5) is 0. The van der Waals surface area contributed by atoms with E-state index in [1.54, 1.807) is 24.3 Å². The predicted octanol–water partition coefficient (Wildman–Crippen LogP) is 0.525. The Morgan fingerprint density at radius 2 is 2.05 bits per heavy atom. The van der Waals surface area contributed by atoms with Gasteiger partial charge in [-0.25, -0.2) is 0 Å². The number of aromatic nitrogens is 2. The molecule has 0 aliphatic rings. The highest BCUT2D eigenvalue weighted by Crippen LogP contribution is 2.18. The van der Waals surface area contributed by atoms with Crippen LogP contribution < -0.4 is 15.2 Å². The average Bonchev–Trinajstić information content (AvgIpc) is 2.92. The molecule has 0 atom stereocenters. The number of ether oxygens (including phenoxy) is 1. The summed E-state index contributed by atoms with van der Waals surface area (Å²) in [5.74, 6) is 0.402. The largest absolute Gasteiger partial charge is 0.486 e. The Morgan fingerprint density at radius 3 is 2.60 bits per heavy atom. The van der Waals surface area contributed by atoms with Crippen LogP contribution in [0.25, 0.3) is 0 Å². The summed E-state index contributed by atoms with van der Waals surface area (Å²) >= 11 is 0. The van der Waals surface area contributed by atoms with Crippen LogP contribution in [0.1, 0.15) is 0 Å². The van der Waals surface area contributed by atoms with Crippen LogP contribution in [0.15, 0.2) is 41.6 Å². The molecular weight excluding hydrogens is 282 g/mol. The number of H-pyrrole nitrogens is 1. The summed E-state index contributed by atoms with van der Waals surface area (Å²) in [6.07, 6.45) is 1.35. The molecule has 2 aromatic rings. The number of sulfonamides is 1. The number of nitrogens with two attached hydrogens (primary N) is 1. The molecule has 1 aromatic heterocycles. The van der Waals surface area contributed by atoms with Crippen LogP contribution in [0, 0.1) is 5.41 Å². The first-order valence-corrected chi connectivity index (χ1v) is 7.03. The van der Waals surface area contributed by atoms with Gasteiger partial charge < -0.3 is 10.5 Å². The third-order valence-corrected chi connectivity index (χ3v) is 3.58. The minimum Gasteiger partial charge on any atom is -0.486 e. The van der Waals surface area contributed by atoms with Crippen LogP contribution >= 0.6 is 0 Å². The number of nitrogens with one attached hydrogen (secondary N) is 3. The number of hydrogen-bond acceptors (Lipinski definition) is 5. The standard InChI is InChI=1S/C11H13N5O3S/c12-10(13)7-19-9-3-1-8(2-4-9)16-20(17,18)11-5-6-14-15-11/h1-6,16H,7H2,(H3,12,13)(H,14,15). The third-order valence-electron chi connectivity index (χ3n) is 2.27. The first kappa shape index (κ1) is 13.9. The Balaban J connectivity index is 2.06. The fourth-order valence-corrected chi connectivity index (χ4v) is 2.35. The van der Waals surface area contributed by atoms with Crippen molar-refractivity contribution >= 4 is 21.5 Å². The van der Waals surface area contributed by atoms with Gasteiger partial charge in [0.15, 0.2) is 5.03 Å². The smallest absolute Gasteiger partial charge is 0.278 e. The van der Waals surface area contributed by atoms with Crippen molar-refractivity contribution in [1.82, 2.24) is 10.2 Å². The highest BCUT2D eigenvalue weighted by atomic mass is 32.2. The van der Waals surface area contributed by atoms with Gasteiger partial charge in [-0.1, -0.05) is 0 Å². The molecule has 0 unspecified atom stereocenters. The zero-order chi connectivity index (χ0) is 14.6. The Bertz CT molecular complexity index is 679. The molecule has 2 rings (SSSR count). The van der Waals surface area contributed by atoms with Crippen molar-refractivity contribution in [3.05, 3.63) is 36.5 Å². The number of hydrogen-bond donors (Lipinski definition) is 4. The van der Waals surface area contributed by atoms with E-state index in [4.69, 9.17) is 15.9 Å². The van der Waals surface area contributed by atoms with Crippen LogP contribution in [0.3, 0.4) is 0 Å². The van der Waals surface area contributed by atoms with Gasteiger partial charge in [0.1, 0.15) is 18.2 Å². The van der Waals surface area contributed by atoms with E-state index in [0.29, 0.717) is 11.4 Å². The molecule has 20 heavy (non-hydrogen) atoms. The van der Waals surface area contributed by atoms with E-state index in [2.05, 4.69) is 14.9 Å². The normalized spacial score (nSPS) is 11.0. The van der Waals surface area contributed by atoms with Gasteiger partial charge in [0.2, 0.25) is 0 Å². The number of rotatable bonds is 6. The Morgan fingerprint density at radius 1 is 1.35 bits per heavy atom. The number of benzene rings is 1. The van der Waals surface area contributed by atoms with Crippen molar-refractivity contribution in [2.24, 2.45) is 5.73 Å². The van der Waals surface area contributed by atoms with E-state index in [9.17, 15) is 8.42 Å². The summed E-state index contributed by atoms with van der Waals surface area (Å²) < 4.78 is 31.4. The van der Waals surface area contributed by atoms with Crippen LogP contribution in [-0.4, -0.2) is 31.1 Å². The first-order valence-electron chi connectivity index (χ1n) is 5.55. The van der Waals surface area contributed by atoms with Gasteiger partial charge in [-0.2, -0.15) is 13.5 Å². The Labute approximate surface area is 115 Å². The maximum atomic E-state index is 11.9. The number of nitrogens with zero attached hydrogens (tertiary/aromatic N) is 1. The summed E-state index contributed by atoms with van der Waals surface area (Å²) in [6, 6.07) is 7.60. The summed E-state index contributed by atoms with van der Waals surface area (Å²) in [5.41, 5.74) is 5.55. The maximum absolute atomic E-state index is 11.9. The van der Waals surface area contributed by atoms with E-state index in [0.717, 1.165) is 0 Å². The zero-order valence-corrected chi connectivity index (χ0v) is 11.1. The predicted molar refractivity (Wildman–Crippen MR) is 73.2 cm³/mol. The SMILES string of the molecule is N=C(N)COc1ccc(NS(=O)(=O)c2ccn[nH]2)cc1. The number of aromatic amines is 1. The van der Waals surface area contributed by atoms with Crippen LogP contribution in [0.4, 0.5) is 5.69 Å². The van der Waals surface area contributed by atoms with Crippen molar-refractivity contribution in [2.45, 2.75) is 5.03 Å². The van der Waals surface area contributed by atoms with E-state index >= 15 is 0 Å². The molecule has 106 valence electrons. The van der Waals surface area contributed by atoms with Crippen molar-refractivity contribution in [1.29, 1.82) is 5.41 Å². The molecule has 0 aliphatic carbocycles. The lowest BCUT2D eigenvalue weighted by Crippen LogP contribution is -2.19. The fourth-order valence-electron chi connectivity index (χ4n) is 1.38. The lowest BCUT2D eigenvalue weighted by Gasteiger charge is -2.08. The molecular formula is C11H13N5O3S. The molecule has 1 heterocycles. The second-order valence-electron chi connectivity index (χ2n) is 3.86. The molecule has 5 N–H and O–H groups in total. The van der Waals surface area contributed by atoms with Gasteiger partial charge in [0.05, 0.1) is 6.20 Å². The lowest BCUT2D eigenvalue weighted by atomic mass is 10.3. The first-order chi connectivity index (χ1) is 9.47. The topological polar surface area (TPSA) is 134 Å². The molecule has 0 radical (unpaired) electrons. The molecule has 0 saturated heterocycles. The molecule has 1 aromatic carbocycles. The van der Waals surface area contributed by atoms with Crippen molar-refractivity contribution in [3.8, 4) is 5.75 Å². The highest BCUT2D eigenvalue weighted by Gasteiger charge is 2.15. The van der Waals surface area contributed by atoms with Gasteiger partial charge in [-0.3, -0.25) is 15.2 Å². The van der Waals surface area contributed by atoms with Crippen molar-refractivity contribution in [3.63, 3.8) is 0 Å². The van der Waals surface area contributed by atoms with E-state index in [1.807, 2.05) is 0 Å². The maximum Gasteiger partial charge on any atom is 0.278 e. The molecule has 0 aliphatic heterocycles. The van der Waals surface area contributed by atoms with Gasteiger partial charge in [-0.15, -0.1) is 0 Å². The van der Waals surface area contributed by atoms with Gasteiger partial charge in [0.25, 0.3) is 10.0 Å². The van der Waals surface area contributed by atoms with Crippen molar-refractivity contribution < 1.29 is 13.2 Å². The van der Waals surface area contributed by atoms with Crippen LogP contribution in [-0.2, 0) is 10.0 Å².